The molecule has 3 rings (SSSR count). The highest BCUT2D eigenvalue weighted by atomic mass is 35.5. The maximum absolute atomic E-state index is 13.3. The van der Waals surface area contributed by atoms with E-state index in [9.17, 15) is 22.4 Å². The average molecular weight is 425 g/mol. The highest BCUT2D eigenvalue weighted by Gasteiger charge is 2.32. The molecule has 0 fully saturated rings. The topological polar surface area (TPSA) is 51.2 Å². The Hall–Kier alpha value is -3.13. The molecular weight excluding hydrogens is 412 g/mol. The molecule has 1 amide bonds. The first-order valence-electron chi connectivity index (χ1n) is 8.21. The third kappa shape index (κ3) is 5.03. The number of aryl methyl sites for hydroxylation is 1. The molecule has 0 aliphatic carbocycles. The smallest absolute Gasteiger partial charge is 0.416 e. The number of nitrogens with one attached hydrogen (secondary N) is 1. The summed E-state index contributed by atoms with van der Waals surface area (Å²) in [4.78, 5) is 16.4. The van der Waals surface area contributed by atoms with Gasteiger partial charge in [0.05, 0.1) is 11.1 Å². The number of anilines is 1. The SMILES string of the molecule is Cc1cc(F)ccc1Oc1cc(C(F)(F)F)ccc1C(=O)Nc1ccnc(Cl)c1. The van der Waals surface area contributed by atoms with Crippen molar-refractivity contribution in [1.82, 2.24) is 4.98 Å². The van der Waals surface area contributed by atoms with E-state index in [1.54, 1.807) is 0 Å². The van der Waals surface area contributed by atoms with Gasteiger partial charge < -0.3 is 10.1 Å². The lowest BCUT2D eigenvalue weighted by Gasteiger charge is -2.15. The molecule has 0 saturated heterocycles. The zero-order valence-corrected chi connectivity index (χ0v) is 15.6. The van der Waals surface area contributed by atoms with Gasteiger partial charge in [0.1, 0.15) is 22.5 Å². The maximum Gasteiger partial charge on any atom is 0.416 e. The standard InChI is InChI=1S/C20H13ClF4N2O2/c1-11-8-13(22)3-5-16(11)29-17-9-12(20(23,24)25)2-4-15(17)19(28)27-14-6-7-26-18(21)10-14/h2-10H,1H3,(H,26,27,28). The largest absolute Gasteiger partial charge is 0.456 e. The van der Waals surface area contributed by atoms with Gasteiger partial charge in [0, 0.05) is 11.9 Å². The molecule has 1 N–H and O–H groups in total. The summed E-state index contributed by atoms with van der Waals surface area (Å²) in [6.07, 6.45) is -3.27. The number of pyridine rings is 1. The summed E-state index contributed by atoms with van der Waals surface area (Å²) in [7, 11) is 0. The number of nitrogens with zero attached hydrogens (tertiary/aromatic N) is 1. The first-order valence-corrected chi connectivity index (χ1v) is 8.59. The van der Waals surface area contributed by atoms with E-state index >= 15 is 0 Å². The number of benzene rings is 2. The normalized spacial score (nSPS) is 11.2. The Kier molecular flexibility index (Phi) is 5.74. The van der Waals surface area contributed by atoms with Crippen molar-refractivity contribution < 1.29 is 27.1 Å². The quantitative estimate of drug-likeness (QED) is 0.398. The number of amides is 1. The number of aromatic nitrogens is 1. The van der Waals surface area contributed by atoms with Crippen LogP contribution in [-0.4, -0.2) is 10.9 Å². The van der Waals surface area contributed by atoms with Crippen LogP contribution in [0.2, 0.25) is 5.15 Å². The Balaban J connectivity index is 2.00. The summed E-state index contributed by atoms with van der Waals surface area (Å²) in [5.74, 6) is -1.44. The van der Waals surface area contributed by atoms with Crippen LogP contribution >= 0.6 is 11.6 Å². The van der Waals surface area contributed by atoms with Gasteiger partial charge in [-0.15, -0.1) is 0 Å². The molecule has 29 heavy (non-hydrogen) atoms. The van der Waals surface area contributed by atoms with Crippen molar-refractivity contribution in [1.29, 1.82) is 0 Å². The third-order valence-corrected chi connectivity index (χ3v) is 4.10. The number of carbonyl (C=O) groups excluding carboxylic acids is 1. The number of hydrogen-bond acceptors (Lipinski definition) is 3. The number of rotatable bonds is 4. The second-order valence-electron chi connectivity index (χ2n) is 6.04. The molecule has 2 aromatic carbocycles. The number of alkyl halides is 3. The second-order valence-corrected chi connectivity index (χ2v) is 6.43. The van der Waals surface area contributed by atoms with Crippen molar-refractivity contribution in [2.75, 3.05) is 5.32 Å². The van der Waals surface area contributed by atoms with Crippen molar-refractivity contribution in [3.63, 3.8) is 0 Å². The van der Waals surface area contributed by atoms with E-state index in [0.717, 1.165) is 24.3 Å². The zero-order chi connectivity index (χ0) is 21.2. The molecule has 1 aromatic heterocycles. The summed E-state index contributed by atoms with van der Waals surface area (Å²) < 4.78 is 58.3. The Morgan fingerprint density at radius 2 is 1.83 bits per heavy atom. The second kappa shape index (κ2) is 8.08. The van der Waals surface area contributed by atoms with E-state index in [0.29, 0.717) is 11.3 Å². The number of carbonyl (C=O) groups is 1. The molecule has 9 heteroatoms. The van der Waals surface area contributed by atoms with E-state index in [2.05, 4.69) is 10.3 Å². The molecule has 3 aromatic rings. The summed E-state index contributed by atoms with van der Waals surface area (Å²) in [5, 5.41) is 2.66. The van der Waals surface area contributed by atoms with Gasteiger partial charge in [-0.3, -0.25) is 4.79 Å². The molecule has 0 aliphatic heterocycles. The van der Waals surface area contributed by atoms with Crippen LogP contribution in [0.25, 0.3) is 0 Å². The first kappa shape index (κ1) is 20.6. The predicted octanol–water partition coefficient (Wildman–Crippen LogP) is 6.25. The molecule has 0 bridgehead atoms. The van der Waals surface area contributed by atoms with Crippen molar-refractivity contribution in [3.05, 3.63) is 82.4 Å². The van der Waals surface area contributed by atoms with E-state index in [-0.39, 0.29) is 22.2 Å². The van der Waals surface area contributed by atoms with Crippen LogP contribution in [0.1, 0.15) is 21.5 Å². The Morgan fingerprint density at radius 3 is 2.48 bits per heavy atom. The van der Waals surface area contributed by atoms with Crippen molar-refractivity contribution in [2.45, 2.75) is 13.1 Å². The van der Waals surface area contributed by atoms with Gasteiger partial charge in [-0.25, -0.2) is 9.37 Å². The lowest BCUT2D eigenvalue weighted by Crippen LogP contribution is -2.14. The summed E-state index contributed by atoms with van der Waals surface area (Å²) in [5.41, 5.74) is -0.473. The predicted molar refractivity (Wildman–Crippen MR) is 99.9 cm³/mol. The summed E-state index contributed by atoms with van der Waals surface area (Å²) in [6, 6.07) is 8.91. The minimum atomic E-state index is -4.64. The van der Waals surface area contributed by atoms with Crippen molar-refractivity contribution in [2.24, 2.45) is 0 Å². The van der Waals surface area contributed by atoms with E-state index in [1.165, 1.54) is 37.4 Å². The summed E-state index contributed by atoms with van der Waals surface area (Å²) >= 11 is 5.77. The van der Waals surface area contributed by atoms with Gasteiger partial charge in [0.25, 0.3) is 5.91 Å². The molecule has 1 heterocycles. The van der Waals surface area contributed by atoms with Crippen LogP contribution in [0.4, 0.5) is 23.2 Å². The van der Waals surface area contributed by atoms with Gasteiger partial charge >= 0.3 is 6.18 Å². The fraction of sp³-hybridized carbons (Fsp3) is 0.100. The Labute approximate surface area is 168 Å². The van der Waals surface area contributed by atoms with Crippen LogP contribution < -0.4 is 10.1 Å². The number of halogens is 5. The molecule has 4 nitrogen and oxygen atoms in total. The molecular formula is C20H13ClF4N2O2. The van der Waals surface area contributed by atoms with E-state index in [1.807, 2.05) is 0 Å². The summed E-state index contributed by atoms with van der Waals surface area (Å²) in [6.45, 7) is 1.53. The van der Waals surface area contributed by atoms with Crippen LogP contribution in [0.15, 0.2) is 54.7 Å². The van der Waals surface area contributed by atoms with E-state index in [4.69, 9.17) is 16.3 Å². The fourth-order valence-corrected chi connectivity index (χ4v) is 2.67. The van der Waals surface area contributed by atoms with Crippen LogP contribution in [-0.2, 0) is 6.18 Å². The minimum Gasteiger partial charge on any atom is -0.456 e. The van der Waals surface area contributed by atoms with Gasteiger partial charge in [0.15, 0.2) is 0 Å². The molecule has 0 unspecified atom stereocenters. The van der Waals surface area contributed by atoms with Crippen molar-refractivity contribution in [3.8, 4) is 11.5 Å². The Morgan fingerprint density at radius 1 is 1.07 bits per heavy atom. The van der Waals surface area contributed by atoms with Crippen LogP contribution in [0.5, 0.6) is 11.5 Å². The number of hydrogen-bond donors (Lipinski definition) is 1. The molecule has 150 valence electrons. The fourth-order valence-electron chi connectivity index (χ4n) is 2.50. The minimum absolute atomic E-state index is 0.117. The third-order valence-electron chi connectivity index (χ3n) is 3.89. The monoisotopic (exact) mass is 424 g/mol. The molecule has 0 saturated carbocycles. The lowest BCUT2D eigenvalue weighted by atomic mass is 10.1. The van der Waals surface area contributed by atoms with Gasteiger partial charge in [-0.2, -0.15) is 13.2 Å². The van der Waals surface area contributed by atoms with Gasteiger partial charge in [-0.05, 0) is 61.0 Å². The van der Waals surface area contributed by atoms with Gasteiger partial charge in [-0.1, -0.05) is 11.6 Å². The van der Waals surface area contributed by atoms with Crippen molar-refractivity contribution >= 4 is 23.2 Å². The lowest BCUT2D eigenvalue weighted by molar-refractivity contribution is -0.137. The molecule has 0 spiro atoms. The van der Waals surface area contributed by atoms with Crippen LogP contribution in [0, 0.1) is 12.7 Å². The highest BCUT2D eigenvalue weighted by molar-refractivity contribution is 6.29. The van der Waals surface area contributed by atoms with Gasteiger partial charge in [0.2, 0.25) is 0 Å². The molecule has 0 radical (unpaired) electrons. The number of ether oxygens (including phenoxy) is 1. The zero-order valence-electron chi connectivity index (χ0n) is 14.8. The average Bonchev–Trinajstić information content (AvgIpc) is 2.63. The first-order chi connectivity index (χ1) is 13.6. The highest BCUT2D eigenvalue weighted by Crippen LogP contribution is 2.36. The molecule has 0 aliphatic rings. The van der Waals surface area contributed by atoms with Crippen LogP contribution in [0.3, 0.4) is 0 Å². The molecule has 0 atom stereocenters. The Bertz CT molecular complexity index is 1070. The van der Waals surface area contributed by atoms with E-state index < -0.39 is 23.5 Å². The maximum atomic E-state index is 13.3.